The van der Waals surface area contributed by atoms with Crippen molar-refractivity contribution < 1.29 is 19.1 Å². The van der Waals surface area contributed by atoms with E-state index >= 15 is 0 Å². The van der Waals surface area contributed by atoms with Crippen molar-refractivity contribution in [1.82, 2.24) is 0 Å². The minimum absolute atomic E-state index is 0.511. The molecule has 0 unspecified atom stereocenters. The number of unbranched alkanes of at least 4 members (excludes halogenated alkanes) is 2. The van der Waals surface area contributed by atoms with Gasteiger partial charge in [-0.15, -0.1) is 0 Å². The van der Waals surface area contributed by atoms with Crippen LogP contribution in [0.15, 0.2) is 24.3 Å². The standard InChI is InChI=1S/C20H24O4/c1-3-5-11-23-19-15(13-21)7-10-18-17(19)9-8-16(14-22)20(18)24-12-6-4-2/h7-10,13-14H,3-6,11-12H2,1-2H3. The number of benzene rings is 2. The van der Waals surface area contributed by atoms with Gasteiger partial charge in [0.1, 0.15) is 11.5 Å². The third-order valence-corrected chi connectivity index (χ3v) is 3.91. The lowest BCUT2D eigenvalue weighted by Crippen LogP contribution is -2.03. The number of carbonyl (C=O) groups is 2. The molecule has 24 heavy (non-hydrogen) atoms. The molecule has 0 heterocycles. The van der Waals surface area contributed by atoms with Gasteiger partial charge in [-0.3, -0.25) is 9.59 Å². The molecule has 0 amide bonds. The summed E-state index contributed by atoms with van der Waals surface area (Å²) in [7, 11) is 0. The van der Waals surface area contributed by atoms with Crippen LogP contribution < -0.4 is 9.47 Å². The summed E-state index contributed by atoms with van der Waals surface area (Å²) in [4.78, 5) is 22.7. The number of aldehydes is 2. The number of rotatable bonds is 10. The Morgan fingerprint density at radius 3 is 1.50 bits per heavy atom. The normalized spacial score (nSPS) is 10.6. The summed E-state index contributed by atoms with van der Waals surface area (Å²) < 4.78 is 11.7. The van der Waals surface area contributed by atoms with Crippen molar-refractivity contribution in [2.24, 2.45) is 0 Å². The lowest BCUT2D eigenvalue weighted by Gasteiger charge is -2.15. The van der Waals surface area contributed by atoms with E-state index in [9.17, 15) is 9.59 Å². The van der Waals surface area contributed by atoms with Gasteiger partial charge in [0.2, 0.25) is 0 Å². The first-order valence-corrected chi connectivity index (χ1v) is 8.52. The Morgan fingerprint density at radius 2 is 1.17 bits per heavy atom. The number of hydrogen-bond acceptors (Lipinski definition) is 4. The summed E-state index contributed by atoms with van der Waals surface area (Å²) in [6, 6.07) is 7.08. The molecule has 0 spiro atoms. The van der Waals surface area contributed by atoms with E-state index in [1.54, 1.807) is 12.1 Å². The van der Waals surface area contributed by atoms with Gasteiger partial charge in [0.15, 0.2) is 12.6 Å². The van der Waals surface area contributed by atoms with Gasteiger partial charge in [-0.05, 0) is 37.1 Å². The molecule has 4 nitrogen and oxygen atoms in total. The number of hydrogen-bond donors (Lipinski definition) is 0. The van der Waals surface area contributed by atoms with E-state index in [2.05, 4.69) is 13.8 Å². The van der Waals surface area contributed by atoms with E-state index in [1.807, 2.05) is 12.1 Å². The fourth-order valence-corrected chi connectivity index (χ4v) is 2.53. The number of fused-ring (bicyclic) bond motifs is 1. The Bertz CT molecular complexity index is 645. The van der Waals surface area contributed by atoms with Crippen molar-refractivity contribution in [1.29, 1.82) is 0 Å². The van der Waals surface area contributed by atoms with Gasteiger partial charge in [0.05, 0.1) is 24.3 Å². The highest BCUT2D eigenvalue weighted by Gasteiger charge is 2.15. The Labute approximate surface area is 142 Å². The molecule has 2 aromatic carbocycles. The fraction of sp³-hybridized carbons (Fsp3) is 0.400. The lowest BCUT2D eigenvalue weighted by molar-refractivity contribution is 0.111. The van der Waals surface area contributed by atoms with Crippen LogP contribution in [0.25, 0.3) is 10.8 Å². The predicted octanol–water partition coefficient (Wildman–Crippen LogP) is 4.82. The first kappa shape index (κ1) is 18.0. The largest absolute Gasteiger partial charge is 0.492 e. The zero-order valence-corrected chi connectivity index (χ0v) is 14.3. The van der Waals surface area contributed by atoms with Crippen molar-refractivity contribution in [3.05, 3.63) is 35.4 Å². The Hall–Kier alpha value is -2.36. The van der Waals surface area contributed by atoms with E-state index in [4.69, 9.17) is 9.47 Å². The van der Waals surface area contributed by atoms with Crippen LogP contribution in [0.3, 0.4) is 0 Å². The van der Waals surface area contributed by atoms with E-state index in [-0.39, 0.29) is 0 Å². The molecule has 128 valence electrons. The SMILES string of the molecule is CCCCOc1c(C=O)ccc2c(OCCCC)c(C=O)ccc12. The molecule has 0 saturated carbocycles. The number of ether oxygens (including phenoxy) is 2. The van der Waals surface area contributed by atoms with Gasteiger partial charge in [-0.25, -0.2) is 0 Å². The van der Waals surface area contributed by atoms with Crippen LogP contribution >= 0.6 is 0 Å². The van der Waals surface area contributed by atoms with Crippen LogP contribution in [-0.2, 0) is 0 Å². The van der Waals surface area contributed by atoms with Crippen molar-refractivity contribution in [2.45, 2.75) is 39.5 Å². The van der Waals surface area contributed by atoms with Crippen LogP contribution in [0.2, 0.25) is 0 Å². The smallest absolute Gasteiger partial charge is 0.153 e. The summed E-state index contributed by atoms with van der Waals surface area (Å²) >= 11 is 0. The van der Waals surface area contributed by atoms with Gasteiger partial charge < -0.3 is 9.47 Å². The predicted molar refractivity (Wildman–Crippen MR) is 95.5 cm³/mol. The zero-order chi connectivity index (χ0) is 17.4. The summed E-state index contributed by atoms with van der Waals surface area (Å²) in [5.41, 5.74) is 1.02. The van der Waals surface area contributed by atoms with Gasteiger partial charge in [-0.1, -0.05) is 26.7 Å². The van der Waals surface area contributed by atoms with E-state index in [0.717, 1.165) is 49.0 Å². The minimum Gasteiger partial charge on any atom is -0.492 e. The monoisotopic (exact) mass is 328 g/mol. The van der Waals surface area contributed by atoms with E-state index < -0.39 is 0 Å². The molecule has 0 N–H and O–H groups in total. The molecule has 0 aliphatic heterocycles. The second kappa shape index (κ2) is 9.06. The highest BCUT2D eigenvalue weighted by molar-refractivity contribution is 6.02. The first-order chi connectivity index (χ1) is 11.8. The summed E-state index contributed by atoms with van der Waals surface area (Å²) in [6.45, 7) is 5.28. The molecule has 0 saturated heterocycles. The Kier molecular flexibility index (Phi) is 6.79. The summed E-state index contributed by atoms with van der Waals surface area (Å²) in [5.74, 6) is 1.13. The number of carbonyl (C=O) groups excluding carboxylic acids is 2. The topological polar surface area (TPSA) is 52.6 Å². The summed E-state index contributed by atoms with van der Waals surface area (Å²) in [5, 5.41) is 1.60. The van der Waals surface area contributed by atoms with E-state index in [0.29, 0.717) is 35.8 Å². The molecular weight excluding hydrogens is 304 g/mol. The Morgan fingerprint density at radius 1 is 0.750 bits per heavy atom. The van der Waals surface area contributed by atoms with Crippen molar-refractivity contribution in [3.8, 4) is 11.5 Å². The van der Waals surface area contributed by atoms with Crippen molar-refractivity contribution in [3.63, 3.8) is 0 Å². The Balaban J connectivity index is 2.52. The average molecular weight is 328 g/mol. The van der Waals surface area contributed by atoms with Crippen molar-refractivity contribution in [2.75, 3.05) is 13.2 Å². The molecular formula is C20H24O4. The summed E-state index contributed by atoms with van der Waals surface area (Å²) in [6.07, 6.45) is 5.46. The third-order valence-electron chi connectivity index (χ3n) is 3.91. The highest BCUT2D eigenvalue weighted by atomic mass is 16.5. The van der Waals surface area contributed by atoms with Crippen LogP contribution in [0.4, 0.5) is 0 Å². The molecule has 0 fully saturated rings. The molecule has 0 aromatic heterocycles. The van der Waals surface area contributed by atoms with Crippen LogP contribution in [0.1, 0.15) is 60.2 Å². The van der Waals surface area contributed by atoms with Crippen LogP contribution in [0.5, 0.6) is 11.5 Å². The lowest BCUT2D eigenvalue weighted by atomic mass is 10.0. The third kappa shape index (κ3) is 3.94. The quantitative estimate of drug-likeness (QED) is 0.463. The van der Waals surface area contributed by atoms with Gasteiger partial charge in [0.25, 0.3) is 0 Å². The molecule has 4 heteroatoms. The van der Waals surface area contributed by atoms with Crippen molar-refractivity contribution >= 4 is 23.3 Å². The van der Waals surface area contributed by atoms with Gasteiger partial charge in [-0.2, -0.15) is 0 Å². The molecule has 2 rings (SSSR count). The first-order valence-electron chi connectivity index (χ1n) is 8.52. The van der Waals surface area contributed by atoms with Crippen LogP contribution in [-0.4, -0.2) is 25.8 Å². The fourth-order valence-electron chi connectivity index (χ4n) is 2.53. The minimum atomic E-state index is 0.511. The molecule has 0 aliphatic rings. The second-order valence-electron chi connectivity index (χ2n) is 5.70. The van der Waals surface area contributed by atoms with E-state index in [1.165, 1.54) is 0 Å². The highest BCUT2D eigenvalue weighted by Crippen LogP contribution is 2.36. The molecule has 0 aliphatic carbocycles. The molecule has 0 bridgehead atoms. The zero-order valence-electron chi connectivity index (χ0n) is 14.3. The second-order valence-corrected chi connectivity index (χ2v) is 5.70. The maximum absolute atomic E-state index is 11.4. The average Bonchev–Trinajstić information content (AvgIpc) is 2.62. The van der Waals surface area contributed by atoms with Gasteiger partial charge >= 0.3 is 0 Å². The molecule has 0 atom stereocenters. The van der Waals surface area contributed by atoms with Gasteiger partial charge in [0, 0.05) is 10.8 Å². The maximum atomic E-state index is 11.4. The maximum Gasteiger partial charge on any atom is 0.153 e. The molecule has 2 aromatic rings. The molecule has 0 radical (unpaired) electrons. The van der Waals surface area contributed by atoms with Crippen LogP contribution in [0, 0.1) is 0 Å².